The van der Waals surface area contributed by atoms with Gasteiger partial charge in [-0.05, 0) is 0 Å². The Morgan fingerprint density at radius 2 is 0.925 bits per heavy atom. The van der Waals surface area contributed by atoms with Crippen LogP contribution < -0.4 is 53.2 Å². The zero-order chi connectivity index (χ0) is 30.8. The molecule has 40 heavy (non-hydrogen) atoms. The van der Waals surface area contributed by atoms with Gasteiger partial charge in [0.05, 0.1) is 0 Å². The number of nitrogens with one attached hydrogen (secondary N) is 4. The third kappa shape index (κ3) is 17.3. The average Bonchev–Trinajstić information content (AvgIpc) is 2.87. The molecular weight excluding hydrogens is 674 g/mol. The summed E-state index contributed by atoms with van der Waals surface area (Å²) in [7, 11) is 0. The number of carbonyl (C=O) groups is 8. The fourth-order valence-electron chi connectivity index (χ4n) is 2.54. The van der Waals surface area contributed by atoms with Crippen molar-refractivity contribution < 1.29 is 70.2 Å². The van der Waals surface area contributed by atoms with Gasteiger partial charge < -0.3 is 0 Å². The molecule has 2 unspecified atom stereocenters. The summed E-state index contributed by atoms with van der Waals surface area (Å²) in [5, 5.41) is 51.8. The van der Waals surface area contributed by atoms with Crippen molar-refractivity contribution in [2.24, 2.45) is 0 Å². The predicted molar refractivity (Wildman–Crippen MR) is 123 cm³/mol. The monoisotopic (exact) mass is 706 g/mol. The van der Waals surface area contributed by atoms with Crippen LogP contribution in [0.15, 0.2) is 0 Å². The molecule has 0 saturated heterocycles. The topological polar surface area (TPSA) is 332 Å². The van der Waals surface area contributed by atoms with E-state index in [1.165, 1.54) is 0 Å². The van der Waals surface area contributed by atoms with E-state index < -0.39 is 111 Å². The van der Waals surface area contributed by atoms with E-state index in [-0.39, 0.29) is 36.3 Å². The van der Waals surface area contributed by atoms with Crippen LogP contribution in [0, 0.1) is 0 Å². The molecule has 4 atom stereocenters. The number of hydrogen-bond donors (Lipinski definition) is 6. The summed E-state index contributed by atoms with van der Waals surface area (Å²) < 4.78 is 0. The molecule has 0 aromatic rings. The second-order valence-electron chi connectivity index (χ2n) is 8.10. The van der Waals surface area contributed by atoms with Crippen molar-refractivity contribution in [2.45, 2.75) is 60.5 Å². The first-order valence-electron chi connectivity index (χ1n) is 11.5. The van der Waals surface area contributed by atoms with E-state index in [1.54, 1.807) is 0 Å². The van der Waals surface area contributed by atoms with Crippen LogP contribution in [-0.4, -0.2) is 111 Å². The molecule has 0 radical (unpaired) electrons. The van der Waals surface area contributed by atoms with Crippen molar-refractivity contribution in [1.29, 1.82) is 0 Å². The van der Waals surface area contributed by atoms with Gasteiger partial charge in [0.1, 0.15) is 0 Å². The van der Waals surface area contributed by atoms with Gasteiger partial charge in [-0.2, -0.15) is 0 Å². The average molecular weight is 704 g/mol. The second kappa shape index (κ2) is 19.7. The van der Waals surface area contributed by atoms with E-state index in [0.717, 1.165) is 0 Å². The van der Waals surface area contributed by atoms with Crippen molar-refractivity contribution in [2.75, 3.05) is 13.1 Å². The fraction of sp³-hybridized carbons (Fsp3) is 0.600. The normalized spacial score (nSPS) is 13.6. The second-order valence-corrected chi connectivity index (χ2v) is 15.6. The summed E-state index contributed by atoms with van der Waals surface area (Å²) in [5.74, 6) is -9.14. The van der Waals surface area contributed by atoms with Gasteiger partial charge in [-0.15, -0.1) is 0 Å². The first-order chi connectivity index (χ1) is 18.6. The third-order valence-electron chi connectivity index (χ3n) is 4.78. The van der Waals surface area contributed by atoms with E-state index >= 15 is 0 Å². The van der Waals surface area contributed by atoms with Crippen LogP contribution in [0.4, 0.5) is 0 Å². The predicted octanol–water partition coefficient (Wildman–Crippen LogP) is -11.9. The minimum atomic E-state index is -1.58. The Kier molecular flexibility index (Phi) is 18.1. The molecule has 0 bridgehead atoms. The molecule has 0 saturated carbocycles. The summed E-state index contributed by atoms with van der Waals surface area (Å²) in [4.78, 5) is 92.0. The molecule has 0 aromatic carbocycles. The number of carboxylic acid groups (broad SMARTS) is 4. The molecule has 20 heteroatoms. The first kappa shape index (κ1) is 36.7. The Morgan fingerprint density at radius 1 is 0.600 bits per heavy atom. The van der Waals surface area contributed by atoms with Crippen molar-refractivity contribution >= 4 is 73.8 Å². The van der Waals surface area contributed by atoms with E-state index in [9.17, 15) is 58.8 Å². The molecule has 0 heterocycles. The molecule has 0 spiro atoms. The van der Waals surface area contributed by atoms with Crippen LogP contribution in [0.1, 0.15) is 25.7 Å². The number of aliphatic carboxylic acids is 4. The summed E-state index contributed by atoms with van der Waals surface area (Å²) in [6.45, 7) is -1.65. The van der Waals surface area contributed by atoms with E-state index in [4.69, 9.17) is 0 Å². The van der Waals surface area contributed by atoms with Crippen LogP contribution in [0.2, 0.25) is 10.6 Å². The Labute approximate surface area is 238 Å². The molecular formula is C20H30N6O12Se2-2. The molecule has 0 fully saturated rings. The van der Waals surface area contributed by atoms with E-state index in [1.807, 2.05) is 0 Å². The summed E-state index contributed by atoms with van der Waals surface area (Å²) in [6, 6.07) is -4.73. The third-order valence-corrected chi connectivity index (χ3v) is 11.9. The van der Waals surface area contributed by atoms with Crippen LogP contribution >= 0.6 is 0 Å². The van der Waals surface area contributed by atoms with Gasteiger partial charge in [0.2, 0.25) is 0 Å². The van der Waals surface area contributed by atoms with Crippen molar-refractivity contribution in [3.63, 3.8) is 0 Å². The Morgan fingerprint density at radius 3 is 1.20 bits per heavy atom. The number of carboxylic acids is 4. The molecule has 0 aliphatic rings. The summed E-state index contributed by atoms with van der Waals surface area (Å²) >= 11 is -0.872. The maximum absolute atomic E-state index is 12.4. The zero-order valence-corrected chi connectivity index (χ0v) is 24.5. The molecule has 0 aliphatic carbocycles. The van der Waals surface area contributed by atoms with Crippen molar-refractivity contribution in [3.05, 3.63) is 0 Å². The Hall–Kier alpha value is -3.28. The SMILES string of the molecule is [NH3+]C(CCC(=O)N[C@@H](C[Se][Se]C[C@H](NC(=O)CCC([NH3+])C(=O)[O-])C(=O)NCC(=O)[O-])C(=O)NCC(=O)[O-])C(=O)[O-]. The molecule has 4 amide bonds. The quantitative estimate of drug-likeness (QED) is 0.0479. The number of amides is 4. The first-order valence-corrected chi connectivity index (χ1v) is 18.3. The van der Waals surface area contributed by atoms with Crippen LogP contribution in [0.25, 0.3) is 0 Å². The van der Waals surface area contributed by atoms with Gasteiger partial charge in [0, 0.05) is 0 Å². The van der Waals surface area contributed by atoms with E-state index in [0.29, 0.717) is 0 Å². The van der Waals surface area contributed by atoms with Crippen LogP contribution in [0.3, 0.4) is 0 Å². The van der Waals surface area contributed by atoms with Crippen molar-refractivity contribution in [3.8, 4) is 0 Å². The molecule has 0 rings (SSSR count). The standard InChI is InChI=1S/C20H32N6O12Se2/c21-9(19(35)36)1-3-13(27)25-11(17(33)23-5-15(29)30)7-39-40-8-12(18(34)24-6-16(31)32)26-14(28)4-2-10(22)20(37)38/h9-12H,1-8,21-22H2,(H,23,33)(H,24,34)(H,25,27)(H,26,28)(H,29,30)(H,31,32)(H,35,36)(H,37,38)/p-2/t9?,10?,11-,12-/m0/s1. The van der Waals surface area contributed by atoms with Crippen LogP contribution in [0.5, 0.6) is 0 Å². The van der Waals surface area contributed by atoms with Gasteiger partial charge in [-0.3, -0.25) is 0 Å². The summed E-state index contributed by atoms with van der Waals surface area (Å²) in [6.07, 6.45) is -0.944. The number of hydrogen-bond acceptors (Lipinski definition) is 12. The Bertz CT molecular complexity index is 879. The van der Waals surface area contributed by atoms with E-state index in [2.05, 4.69) is 32.7 Å². The molecule has 10 N–H and O–H groups in total. The van der Waals surface area contributed by atoms with Crippen LogP contribution in [-0.2, 0) is 38.4 Å². The molecule has 18 nitrogen and oxygen atoms in total. The minimum absolute atomic E-state index is 0.0298. The molecule has 0 aliphatic heterocycles. The zero-order valence-electron chi connectivity index (χ0n) is 21.1. The van der Waals surface area contributed by atoms with Crippen molar-refractivity contribution in [1.82, 2.24) is 21.3 Å². The number of carbonyl (C=O) groups excluding carboxylic acids is 8. The summed E-state index contributed by atoms with van der Waals surface area (Å²) in [5.41, 5.74) is 6.63. The number of rotatable bonds is 21. The van der Waals surface area contributed by atoms with Gasteiger partial charge in [0.15, 0.2) is 0 Å². The Balaban J connectivity index is 5.18. The van der Waals surface area contributed by atoms with Gasteiger partial charge in [-0.1, -0.05) is 0 Å². The van der Waals surface area contributed by atoms with Gasteiger partial charge in [-0.25, -0.2) is 0 Å². The maximum atomic E-state index is 12.4. The van der Waals surface area contributed by atoms with Gasteiger partial charge in [0.25, 0.3) is 0 Å². The number of quaternary nitrogens is 2. The fourth-order valence-corrected chi connectivity index (χ4v) is 9.57. The van der Waals surface area contributed by atoms with Gasteiger partial charge >= 0.3 is 239 Å². The molecule has 226 valence electrons. The molecule has 0 aromatic heterocycles.